The third-order valence-corrected chi connectivity index (χ3v) is 2.35. The van der Waals surface area contributed by atoms with Gasteiger partial charge in [0.25, 0.3) is 0 Å². The predicted molar refractivity (Wildman–Crippen MR) is 50.8 cm³/mol. The molecular weight excluding hydrogens is 150 g/mol. The van der Waals surface area contributed by atoms with Crippen LogP contribution in [0.25, 0.3) is 0 Å². The first-order chi connectivity index (χ1) is 5.70. The smallest absolute Gasteiger partial charge is 0.0443 e. The van der Waals surface area contributed by atoms with Gasteiger partial charge in [-0.15, -0.1) is 0 Å². The van der Waals surface area contributed by atoms with Crippen LogP contribution in [0.4, 0.5) is 0 Å². The van der Waals surface area contributed by atoms with Gasteiger partial charge in [-0.05, 0) is 26.1 Å². The van der Waals surface area contributed by atoms with Crippen molar-refractivity contribution in [1.82, 2.24) is 9.88 Å². The van der Waals surface area contributed by atoms with Crippen molar-refractivity contribution >= 4 is 0 Å². The third-order valence-electron chi connectivity index (χ3n) is 2.35. The van der Waals surface area contributed by atoms with Gasteiger partial charge in [-0.3, -0.25) is 0 Å². The lowest BCUT2D eigenvalue weighted by molar-refractivity contribution is 0.597. The Bertz CT molecular complexity index is 252. The monoisotopic (exact) mass is 167 g/mol. The second-order valence-corrected chi connectivity index (χ2v) is 3.02. The molecule has 0 amide bonds. The number of nitrogens with two attached hydrogens (primary N) is 1. The lowest BCUT2D eigenvalue weighted by Gasteiger charge is -2.12. The molecule has 0 radical (unpaired) electrons. The van der Waals surface area contributed by atoms with E-state index in [4.69, 9.17) is 5.73 Å². The summed E-state index contributed by atoms with van der Waals surface area (Å²) in [6.07, 6.45) is 0. The Kier molecular flexibility index (Phi) is 2.89. The molecule has 3 nitrogen and oxygen atoms in total. The molecule has 0 spiro atoms. The minimum Gasteiger partial charge on any atom is -0.349 e. The van der Waals surface area contributed by atoms with Crippen LogP contribution >= 0.6 is 0 Å². The molecule has 0 bridgehead atoms. The van der Waals surface area contributed by atoms with E-state index in [2.05, 4.69) is 28.9 Å². The van der Waals surface area contributed by atoms with Crippen LogP contribution in [0.3, 0.4) is 0 Å². The molecule has 0 aliphatic heterocycles. The maximum Gasteiger partial charge on any atom is 0.0443 e. The number of aromatic nitrogens is 1. The fourth-order valence-electron chi connectivity index (χ4n) is 1.36. The Morgan fingerprint density at radius 2 is 2.25 bits per heavy atom. The van der Waals surface area contributed by atoms with E-state index in [0.717, 1.165) is 0 Å². The molecule has 0 aromatic carbocycles. The van der Waals surface area contributed by atoms with Crippen molar-refractivity contribution in [3.63, 3.8) is 0 Å². The van der Waals surface area contributed by atoms with Crippen LogP contribution < -0.4 is 11.1 Å². The first kappa shape index (κ1) is 9.29. The normalized spacial score (nSPS) is 13.3. The van der Waals surface area contributed by atoms with Gasteiger partial charge in [-0.1, -0.05) is 0 Å². The third kappa shape index (κ3) is 1.52. The molecule has 0 saturated carbocycles. The molecule has 1 aromatic rings. The lowest BCUT2D eigenvalue weighted by atomic mass is 10.2. The van der Waals surface area contributed by atoms with Crippen molar-refractivity contribution in [3.05, 3.63) is 23.5 Å². The minimum atomic E-state index is 0.385. The first-order valence-corrected chi connectivity index (χ1v) is 4.22. The Morgan fingerprint density at radius 1 is 1.58 bits per heavy atom. The summed E-state index contributed by atoms with van der Waals surface area (Å²) in [5, 5.41) is 3.20. The molecular formula is C9H17N3. The van der Waals surface area contributed by atoms with Gasteiger partial charge in [0.1, 0.15) is 0 Å². The number of rotatable bonds is 3. The van der Waals surface area contributed by atoms with Crippen LogP contribution in [0, 0.1) is 0 Å². The van der Waals surface area contributed by atoms with Gasteiger partial charge in [0, 0.05) is 31.0 Å². The Morgan fingerprint density at radius 3 is 2.67 bits per heavy atom. The average Bonchev–Trinajstić information content (AvgIpc) is 2.45. The van der Waals surface area contributed by atoms with E-state index in [1.807, 2.05) is 14.1 Å². The summed E-state index contributed by atoms with van der Waals surface area (Å²) in [4.78, 5) is 0. The zero-order valence-corrected chi connectivity index (χ0v) is 7.96. The van der Waals surface area contributed by atoms with Gasteiger partial charge in [-0.25, -0.2) is 0 Å². The van der Waals surface area contributed by atoms with Crippen molar-refractivity contribution in [2.45, 2.75) is 19.5 Å². The summed E-state index contributed by atoms with van der Waals surface area (Å²) in [5.74, 6) is 0. The van der Waals surface area contributed by atoms with Crippen LogP contribution in [0.15, 0.2) is 12.1 Å². The van der Waals surface area contributed by atoms with Crippen molar-refractivity contribution in [1.29, 1.82) is 0 Å². The van der Waals surface area contributed by atoms with Gasteiger partial charge in [0.2, 0.25) is 0 Å². The second kappa shape index (κ2) is 3.74. The van der Waals surface area contributed by atoms with Crippen LogP contribution in [-0.4, -0.2) is 11.6 Å². The number of hydrogen-bond acceptors (Lipinski definition) is 2. The van der Waals surface area contributed by atoms with Gasteiger partial charge in [-0.2, -0.15) is 0 Å². The van der Waals surface area contributed by atoms with Crippen LogP contribution in [-0.2, 0) is 13.6 Å². The summed E-state index contributed by atoms with van der Waals surface area (Å²) in [6.45, 7) is 2.74. The quantitative estimate of drug-likeness (QED) is 0.698. The molecule has 0 aliphatic carbocycles. The molecule has 1 heterocycles. The topological polar surface area (TPSA) is 43.0 Å². The molecule has 1 rings (SSSR count). The predicted octanol–water partition coefficient (Wildman–Crippen LogP) is 0.764. The van der Waals surface area contributed by atoms with Crippen LogP contribution in [0.1, 0.15) is 24.4 Å². The van der Waals surface area contributed by atoms with Crippen LogP contribution in [0.2, 0.25) is 0 Å². The summed E-state index contributed by atoms with van der Waals surface area (Å²) in [7, 11) is 4.01. The fourth-order valence-corrected chi connectivity index (χ4v) is 1.36. The van der Waals surface area contributed by atoms with Gasteiger partial charge < -0.3 is 15.6 Å². The van der Waals surface area contributed by atoms with E-state index >= 15 is 0 Å². The van der Waals surface area contributed by atoms with E-state index < -0.39 is 0 Å². The SMILES string of the molecule is CNC(C)c1ccc(CN)n1C. The molecule has 1 aromatic heterocycles. The van der Waals surface area contributed by atoms with E-state index in [1.54, 1.807) is 0 Å². The number of nitrogens with one attached hydrogen (secondary N) is 1. The zero-order valence-electron chi connectivity index (χ0n) is 7.96. The molecule has 1 unspecified atom stereocenters. The minimum absolute atomic E-state index is 0.385. The molecule has 68 valence electrons. The molecule has 12 heavy (non-hydrogen) atoms. The Labute approximate surface area is 73.6 Å². The van der Waals surface area contributed by atoms with Crippen LogP contribution in [0.5, 0.6) is 0 Å². The van der Waals surface area contributed by atoms with E-state index in [-0.39, 0.29) is 0 Å². The number of nitrogens with zero attached hydrogens (tertiary/aromatic N) is 1. The van der Waals surface area contributed by atoms with E-state index in [0.29, 0.717) is 12.6 Å². The Hall–Kier alpha value is -0.800. The van der Waals surface area contributed by atoms with E-state index in [9.17, 15) is 0 Å². The maximum absolute atomic E-state index is 5.56. The Balaban J connectivity index is 2.93. The summed E-state index contributed by atoms with van der Waals surface area (Å²) >= 11 is 0. The van der Waals surface area contributed by atoms with Crippen molar-refractivity contribution in [2.24, 2.45) is 12.8 Å². The second-order valence-electron chi connectivity index (χ2n) is 3.02. The highest BCUT2D eigenvalue weighted by atomic mass is 15.0. The molecule has 3 heteroatoms. The average molecular weight is 167 g/mol. The summed E-state index contributed by atoms with van der Waals surface area (Å²) in [6, 6.07) is 4.57. The highest BCUT2D eigenvalue weighted by molar-refractivity contribution is 5.18. The lowest BCUT2D eigenvalue weighted by Crippen LogP contribution is -2.16. The fraction of sp³-hybridized carbons (Fsp3) is 0.556. The molecule has 3 N–H and O–H groups in total. The van der Waals surface area contributed by atoms with Crippen molar-refractivity contribution < 1.29 is 0 Å². The molecule has 0 saturated heterocycles. The maximum atomic E-state index is 5.56. The van der Waals surface area contributed by atoms with Gasteiger partial charge in [0.05, 0.1) is 0 Å². The zero-order chi connectivity index (χ0) is 9.14. The highest BCUT2D eigenvalue weighted by Gasteiger charge is 2.08. The number of hydrogen-bond donors (Lipinski definition) is 2. The summed E-state index contributed by atoms with van der Waals surface area (Å²) < 4.78 is 2.14. The largest absolute Gasteiger partial charge is 0.349 e. The van der Waals surface area contributed by atoms with E-state index in [1.165, 1.54) is 11.4 Å². The molecule has 0 fully saturated rings. The highest BCUT2D eigenvalue weighted by Crippen LogP contribution is 2.14. The molecule has 1 atom stereocenters. The van der Waals surface area contributed by atoms with Crippen molar-refractivity contribution in [3.8, 4) is 0 Å². The standard InChI is InChI=1S/C9H17N3/c1-7(11-2)9-5-4-8(6-10)12(9)3/h4-5,7,11H,6,10H2,1-3H3. The van der Waals surface area contributed by atoms with Gasteiger partial charge in [0.15, 0.2) is 0 Å². The van der Waals surface area contributed by atoms with Crippen molar-refractivity contribution in [2.75, 3.05) is 7.05 Å². The first-order valence-electron chi connectivity index (χ1n) is 4.22. The molecule has 0 aliphatic rings. The summed E-state index contributed by atoms with van der Waals surface area (Å²) in [5.41, 5.74) is 8.01. The van der Waals surface area contributed by atoms with Gasteiger partial charge >= 0.3 is 0 Å².